The van der Waals surface area contributed by atoms with Crippen LogP contribution in [0, 0.1) is 0 Å². The highest BCUT2D eigenvalue weighted by Gasteiger charge is 2.19. The molecule has 0 heterocycles. The highest BCUT2D eigenvalue weighted by molar-refractivity contribution is 5.81. The quantitative estimate of drug-likeness (QED) is 0.709. The van der Waals surface area contributed by atoms with E-state index >= 15 is 0 Å². The van der Waals surface area contributed by atoms with E-state index in [1.807, 2.05) is 51.1 Å². The molecule has 5 nitrogen and oxygen atoms in total. The molecule has 1 amide bonds. The van der Waals surface area contributed by atoms with Crippen LogP contribution in [0.2, 0.25) is 0 Å². The summed E-state index contributed by atoms with van der Waals surface area (Å²) in [4.78, 5) is 11.9. The molecule has 2 atom stereocenters. The lowest BCUT2D eigenvalue weighted by atomic mass is 10.1. The van der Waals surface area contributed by atoms with Crippen LogP contribution in [0.4, 0.5) is 0 Å². The summed E-state index contributed by atoms with van der Waals surface area (Å²) in [6.07, 6.45) is -0.671. The highest BCUT2D eigenvalue weighted by Crippen LogP contribution is 2.08. The Kier molecular flexibility index (Phi) is 6.65. The van der Waals surface area contributed by atoms with Crippen molar-refractivity contribution in [1.29, 1.82) is 0 Å². The molecule has 0 radical (unpaired) electrons. The number of hydrogen-bond donors (Lipinski definition) is 3. The number of carbonyl (C=O) groups excluding carboxylic acids is 1. The number of aliphatic hydroxyl groups excluding tert-OH is 1. The number of nitrogens with one attached hydrogen (secondary N) is 2. The molecular formula is C16H26N2O3. The molecule has 2 unspecified atom stereocenters. The molecule has 3 N–H and O–H groups in total. The second-order valence-electron chi connectivity index (χ2n) is 6.15. The van der Waals surface area contributed by atoms with Crippen molar-refractivity contribution >= 4 is 5.91 Å². The molecule has 5 heteroatoms. The fraction of sp³-hybridized carbons (Fsp3) is 0.562. The van der Waals surface area contributed by atoms with Crippen LogP contribution < -0.4 is 15.4 Å². The molecule has 118 valence electrons. The van der Waals surface area contributed by atoms with Gasteiger partial charge in [0.1, 0.15) is 18.5 Å². The average molecular weight is 294 g/mol. The molecule has 0 saturated carbocycles. The molecular weight excluding hydrogens is 268 g/mol. The van der Waals surface area contributed by atoms with Gasteiger partial charge in [-0.15, -0.1) is 0 Å². The van der Waals surface area contributed by atoms with Crippen molar-refractivity contribution < 1.29 is 14.6 Å². The van der Waals surface area contributed by atoms with E-state index in [1.54, 1.807) is 6.92 Å². The zero-order chi connectivity index (χ0) is 15.9. The van der Waals surface area contributed by atoms with Gasteiger partial charge in [-0.25, -0.2) is 0 Å². The van der Waals surface area contributed by atoms with E-state index in [0.717, 1.165) is 5.75 Å². The second-order valence-corrected chi connectivity index (χ2v) is 6.15. The molecule has 0 aliphatic heterocycles. The van der Waals surface area contributed by atoms with Crippen LogP contribution in [-0.2, 0) is 4.79 Å². The van der Waals surface area contributed by atoms with Gasteiger partial charge in [-0.1, -0.05) is 18.2 Å². The summed E-state index contributed by atoms with van der Waals surface area (Å²) in [5.41, 5.74) is -0.262. The van der Waals surface area contributed by atoms with E-state index in [9.17, 15) is 9.90 Å². The average Bonchev–Trinajstić information content (AvgIpc) is 2.41. The van der Waals surface area contributed by atoms with Crippen LogP contribution in [-0.4, -0.2) is 41.9 Å². The Morgan fingerprint density at radius 1 is 1.29 bits per heavy atom. The topological polar surface area (TPSA) is 70.6 Å². The molecule has 1 rings (SSSR count). The van der Waals surface area contributed by atoms with E-state index in [0.29, 0.717) is 6.54 Å². The molecule has 0 saturated heterocycles. The van der Waals surface area contributed by atoms with E-state index in [2.05, 4.69) is 10.6 Å². The third kappa shape index (κ3) is 7.68. The maximum atomic E-state index is 11.9. The molecule has 1 aromatic carbocycles. The molecule has 0 fully saturated rings. The Hall–Kier alpha value is -1.59. The normalized spacial score (nSPS) is 14.3. The minimum atomic E-state index is -0.671. The van der Waals surface area contributed by atoms with Gasteiger partial charge < -0.3 is 20.5 Å². The Labute approximate surface area is 126 Å². The Morgan fingerprint density at radius 2 is 1.90 bits per heavy atom. The highest BCUT2D eigenvalue weighted by atomic mass is 16.5. The number of carbonyl (C=O) groups is 1. The number of aliphatic hydroxyl groups is 1. The number of para-hydroxylation sites is 1. The molecule has 1 aromatic rings. The van der Waals surface area contributed by atoms with Crippen LogP contribution >= 0.6 is 0 Å². The van der Waals surface area contributed by atoms with Gasteiger partial charge in [-0.05, 0) is 39.8 Å². The van der Waals surface area contributed by atoms with Crippen molar-refractivity contribution in [1.82, 2.24) is 10.6 Å². The van der Waals surface area contributed by atoms with Gasteiger partial charge in [0.25, 0.3) is 0 Å². The van der Waals surface area contributed by atoms with Crippen molar-refractivity contribution in [2.24, 2.45) is 0 Å². The van der Waals surface area contributed by atoms with Crippen LogP contribution in [0.5, 0.6) is 5.75 Å². The van der Waals surface area contributed by atoms with E-state index in [4.69, 9.17) is 4.74 Å². The second kappa shape index (κ2) is 8.00. The Morgan fingerprint density at radius 3 is 2.48 bits per heavy atom. The zero-order valence-electron chi connectivity index (χ0n) is 13.2. The lowest BCUT2D eigenvalue weighted by Crippen LogP contribution is -2.51. The van der Waals surface area contributed by atoms with Crippen molar-refractivity contribution in [3.63, 3.8) is 0 Å². The predicted octanol–water partition coefficient (Wildman–Crippen LogP) is 1.32. The Balaban J connectivity index is 2.26. The first kappa shape index (κ1) is 17.5. The minimum absolute atomic E-state index is 0.0846. The van der Waals surface area contributed by atoms with Crippen molar-refractivity contribution in [2.45, 2.75) is 45.4 Å². The smallest absolute Gasteiger partial charge is 0.237 e. The van der Waals surface area contributed by atoms with Crippen LogP contribution in [0.1, 0.15) is 27.7 Å². The van der Waals surface area contributed by atoms with Crippen molar-refractivity contribution in [3.05, 3.63) is 30.3 Å². The van der Waals surface area contributed by atoms with Gasteiger partial charge in [0, 0.05) is 12.1 Å². The largest absolute Gasteiger partial charge is 0.491 e. The Bertz CT molecular complexity index is 429. The van der Waals surface area contributed by atoms with E-state index in [1.165, 1.54) is 0 Å². The summed E-state index contributed by atoms with van der Waals surface area (Å²) >= 11 is 0. The predicted molar refractivity (Wildman–Crippen MR) is 83.3 cm³/mol. The van der Waals surface area contributed by atoms with Crippen LogP contribution in [0.15, 0.2) is 30.3 Å². The summed E-state index contributed by atoms with van der Waals surface area (Å²) in [6, 6.07) is 8.95. The number of rotatable bonds is 7. The fourth-order valence-electron chi connectivity index (χ4n) is 1.65. The van der Waals surface area contributed by atoms with Gasteiger partial charge in [0.05, 0.1) is 6.04 Å². The zero-order valence-corrected chi connectivity index (χ0v) is 13.2. The maximum Gasteiger partial charge on any atom is 0.237 e. The lowest BCUT2D eigenvalue weighted by molar-refractivity contribution is -0.124. The van der Waals surface area contributed by atoms with Gasteiger partial charge in [-0.2, -0.15) is 0 Å². The van der Waals surface area contributed by atoms with E-state index in [-0.39, 0.29) is 24.1 Å². The first-order valence-corrected chi connectivity index (χ1v) is 7.19. The van der Waals surface area contributed by atoms with E-state index < -0.39 is 6.10 Å². The maximum absolute atomic E-state index is 11.9. The third-order valence-corrected chi connectivity index (χ3v) is 2.74. The van der Waals surface area contributed by atoms with Gasteiger partial charge in [0.2, 0.25) is 5.91 Å². The molecule has 0 spiro atoms. The fourth-order valence-corrected chi connectivity index (χ4v) is 1.65. The third-order valence-electron chi connectivity index (χ3n) is 2.74. The van der Waals surface area contributed by atoms with Gasteiger partial charge >= 0.3 is 0 Å². The summed E-state index contributed by atoms with van der Waals surface area (Å²) < 4.78 is 5.45. The summed E-state index contributed by atoms with van der Waals surface area (Å²) in [5, 5.41) is 15.7. The van der Waals surface area contributed by atoms with Crippen molar-refractivity contribution in [3.8, 4) is 5.75 Å². The number of ether oxygens (including phenoxy) is 1. The number of hydrogen-bond acceptors (Lipinski definition) is 4. The molecule has 0 aliphatic rings. The summed E-state index contributed by atoms with van der Waals surface area (Å²) in [5.74, 6) is 0.633. The van der Waals surface area contributed by atoms with Crippen LogP contribution in [0.3, 0.4) is 0 Å². The van der Waals surface area contributed by atoms with Gasteiger partial charge in [0.15, 0.2) is 0 Å². The number of amides is 1. The summed E-state index contributed by atoms with van der Waals surface area (Å²) in [6.45, 7) is 8.04. The van der Waals surface area contributed by atoms with Gasteiger partial charge in [-0.3, -0.25) is 4.79 Å². The standard InChI is InChI=1S/C16H26N2O3/c1-12(15(20)18-16(2,3)4)17-10-13(19)11-21-14-8-6-5-7-9-14/h5-9,12-13,17,19H,10-11H2,1-4H3,(H,18,20). The number of benzene rings is 1. The molecule has 21 heavy (non-hydrogen) atoms. The SMILES string of the molecule is CC(NCC(O)COc1ccccc1)C(=O)NC(C)(C)C. The van der Waals surface area contributed by atoms with Crippen molar-refractivity contribution in [2.75, 3.05) is 13.2 Å². The molecule has 0 aliphatic carbocycles. The molecule has 0 aromatic heterocycles. The minimum Gasteiger partial charge on any atom is -0.491 e. The first-order valence-electron chi connectivity index (χ1n) is 7.19. The molecule has 0 bridgehead atoms. The lowest BCUT2D eigenvalue weighted by Gasteiger charge is -2.24. The van der Waals surface area contributed by atoms with Crippen LogP contribution in [0.25, 0.3) is 0 Å². The summed E-state index contributed by atoms with van der Waals surface area (Å²) in [7, 11) is 0. The monoisotopic (exact) mass is 294 g/mol. The first-order chi connectivity index (χ1) is 9.78.